The number of rotatable bonds is 5. The van der Waals surface area contributed by atoms with Gasteiger partial charge in [-0.05, 0) is 50.2 Å². The minimum Gasteiger partial charge on any atom is -0.456 e. The van der Waals surface area contributed by atoms with E-state index in [4.69, 9.17) is 9.56 Å². The molecule has 2 heterocycles. The van der Waals surface area contributed by atoms with Gasteiger partial charge in [0.1, 0.15) is 5.76 Å². The summed E-state index contributed by atoms with van der Waals surface area (Å²) in [4.78, 5) is 28.7. The first kappa shape index (κ1) is 21.0. The van der Waals surface area contributed by atoms with Crippen LogP contribution in [0.1, 0.15) is 23.2 Å². The van der Waals surface area contributed by atoms with Crippen molar-refractivity contribution in [2.24, 2.45) is 5.14 Å². The van der Waals surface area contributed by atoms with E-state index in [1.807, 2.05) is 4.90 Å². The number of aryl methyl sites for hydroxylation is 1. The van der Waals surface area contributed by atoms with E-state index < -0.39 is 16.1 Å². The first-order chi connectivity index (χ1) is 13.6. The zero-order chi connectivity index (χ0) is 21.2. The average molecular weight is 420 g/mol. The second kappa shape index (κ2) is 8.36. The lowest BCUT2D eigenvalue weighted by Gasteiger charge is -2.37. The smallest absolute Gasteiger partial charge is 0.289 e. The summed E-state index contributed by atoms with van der Waals surface area (Å²) in [7, 11) is -3.77. The van der Waals surface area contributed by atoms with Crippen molar-refractivity contribution >= 4 is 27.5 Å². The molecule has 0 aliphatic carbocycles. The number of nitrogens with zero attached hydrogens (tertiary/aromatic N) is 2. The maximum Gasteiger partial charge on any atom is 0.289 e. The van der Waals surface area contributed by atoms with Crippen molar-refractivity contribution in [1.82, 2.24) is 9.80 Å². The van der Waals surface area contributed by atoms with Crippen LogP contribution in [0.5, 0.6) is 0 Å². The van der Waals surface area contributed by atoms with Crippen LogP contribution in [0, 0.1) is 6.92 Å². The number of anilines is 1. The number of sulfonamides is 1. The van der Waals surface area contributed by atoms with Gasteiger partial charge in [-0.1, -0.05) is 0 Å². The normalized spacial score (nSPS) is 16.4. The van der Waals surface area contributed by atoms with E-state index >= 15 is 0 Å². The van der Waals surface area contributed by atoms with Gasteiger partial charge in [-0.2, -0.15) is 0 Å². The third kappa shape index (κ3) is 5.03. The average Bonchev–Trinajstić information content (AvgIpc) is 3.13. The lowest BCUT2D eigenvalue weighted by Crippen LogP contribution is -2.54. The monoisotopic (exact) mass is 420 g/mol. The number of nitrogens with two attached hydrogens (primary N) is 1. The van der Waals surface area contributed by atoms with Gasteiger partial charge in [0, 0.05) is 31.9 Å². The fraction of sp³-hybridized carbons (Fsp3) is 0.368. The van der Waals surface area contributed by atoms with Crippen LogP contribution in [0.4, 0.5) is 5.69 Å². The van der Waals surface area contributed by atoms with Gasteiger partial charge < -0.3 is 14.6 Å². The van der Waals surface area contributed by atoms with Gasteiger partial charge in [-0.15, -0.1) is 0 Å². The van der Waals surface area contributed by atoms with Crippen LogP contribution >= 0.6 is 0 Å². The summed E-state index contributed by atoms with van der Waals surface area (Å²) < 4.78 is 28.0. The summed E-state index contributed by atoms with van der Waals surface area (Å²) in [6, 6.07) is 8.69. The quantitative estimate of drug-likeness (QED) is 0.744. The molecule has 10 heteroatoms. The zero-order valence-electron chi connectivity index (χ0n) is 16.3. The largest absolute Gasteiger partial charge is 0.456 e. The molecule has 1 aliphatic heterocycles. The molecule has 1 saturated heterocycles. The molecule has 9 nitrogen and oxygen atoms in total. The summed E-state index contributed by atoms with van der Waals surface area (Å²) in [5, 5.41) is 7.84. The second-order valence-corrected chi connectivity index (χ2v) is 8.53. The lowest BCUT2D eigenvalue weighted by molar-refractivity contribution is -0.121. The molecule has 3 N–H and O–H groups in total. The maximum atomic E-state index is 12.5. The molecule has 1 aromatic carbocycles. The summed E-state index contributed by atoms with van der Waals surface area (Å²) in [5.74, 6) is 0.652. The molecule has 2 amide bonds. The molecule has 1 unspecified atom stereocenters. The number of furan rings is 1. The molecule has 0 saturated carbocycles. The van der Waals surface area contributed by atoms with E-state index in [-0.39, 0.29) is 16.7 Å². The van der Waals surface area contributed by atoms with Crippen LogP contribution in [0.2, 0.25) is 0 Å². The Morgan fingerprint density at radius 1 is 1.07 bits per heavy atom. The number of primary sulfonamides is 1. The van der Waals surface area contributed by atoms with Crippen molar-refractivity contribution in [2.45, 2.75) is 24.8 Å². The molecule has 156 valence electrons. The van der Waals surface area contributed by atoms with Gasteiger partial charge in [-0.3, -0.25) is 14.5 Å². The van der Waals surface area contributed by atoms with Gasteiger partial charge >= 0.3 is 0 Å². The fourth-order valence-corrected chi connectivity index (χ4v) is 3.67. The van der Waals surface area contributed by atoms with E-state index in [0.29, 0.717) is 43.4 Å². The Labute approximate surface area is 169 Å². The van der Waals surface area contributed by atoms with Gasteiger partial charge in [0.25, 0.3) is 5.91 Å². The van der Waals surface area contributed by atoms with Crippen LogP contribution < -0.4 is 10.5 Å². The first-order valence-electron chi connectivity index (χ1n) is 9.18. The third-order valence-corrected chi connectivity index (χ3v) is 5.86. The predicted molar refractivity (Wildman–Crippen MR) is 107 cm³/mol. The van der Waals surface area contributed by atoms with E-state index in [1.165, 1.54) is 24.3 Å². The Morgan fingerprint density at radius 3 is 2.21 bits per heavy atom. The molecule has 3 rings (SSSR count). The van der Waals surface area contributed by atoms with Crippen LogP contribution in [0.3, 0.4) is 0 Å². The molecule has 0 radical (unpaired) electrons. The predicted octanol–water partition coefficient (Wildman–Crippen LogP) is 1.02. The molecular weight excluding hydrogens is 396 g/mol. The highest BCUT2D eigenvalue weighted by Gasteiger charge is 2.29. The number of nitrogens with one attached hydrogen (secondary N) is 1. The zero-order valence-corrected chi connectivity index (χ0v) is 17.1. The molecule has 1 fully saturated rings. The minimum atomic E-state index is -3.77. The number of benzene rings is 1. The fourth-order valence-electron chi connectivity index (χ4n) is 3.16. The number of carbonyl (C=O) groups excluding carboxylic acids is 2. The van der Waals surface area contributed by atoms with E-state index in [1.54, 1.807) is 30.9 Å². The summed E-state index contributed by atoms with van der Waals surface area (Å²) in [5.41, 5.74) is 0.483. The van der Waals surface area contributed by atoms with Gasteiger partial charge in [-0.25, -0.2) is 13.6 Å². The van der Waals surface area contributed by atoms with Crippen molar-refractivity contribution in [3.05, 3.63) is 47.9 Å². The van der Waals surface area contributed by atoms with Crippen molar-refractivity contribution in [2.75, 3.05) is 31.5 Å². The van der Waals surface area contributed by atoms with Crippen molar-refractivity contribution in [1.29, 1.82) is 0 Å². The Balaban J connectivity index is 1.54. The third-order valence-electron chi connectivity index (χ3n) is 4.93. The summed E-state index contributed by atoms with van der Waals surface area (Å²) in [6.45, 7) is 5.70. The standard InChI is InChI=1S/C19H24N4O5S/c1-13-3-8-17(28-13)19(25)23-11-9-22(10-12-23)14(2)18(24)21-15-4-6-16(7-5-15)29(20,26)27/h3-8,14H,9-12H2,1-2H3,(H,21,24)(H2,20,26,27). The first-order valence-corrected chi connectivity index (χ1v) is 10.7. The Bertz CT molecular complexity index is 992. The van der Waals surface area contributed by atoms with E-state index in [0.717, 1.165) is 0 Å². The molecule has 0 spiro atoms. The van der Waals surface area contributed by atoms with Crippen LogP contribution in [-0.2, 0) is 14.8 Å². The maximum absolute atomic E-state index is 12.5. The topological polar surface area (TPSA) is 126 Å². The van der Waals surface area contributed by atoms with Crippen molar-refractivity contribution in [3.63, 3.8) is 0 Å². The molecular formula is C19H24N4O5S. The highest BCUT2D eigenvalue weighted by molar-refractivity contribution is 7.89. The Kier molecular flexibility index (Phi) is 6.06. The molecule has 2 aromatic rings. The molecule has 1 atom stereocenters. The van der Waals surface area contributed by atoms with Gasteiger partial charge in [0.05, 0.1) is 10.9 Å². The highest BCUT2D eigenvalue weighted by atomic mass is 32.2. The second-order valence-electron chi connectivity index (χ2n) is 6.97. The van der Waals surface area contributed by atoms with Gasteiger partial charge in [0.2, 0.25) is 15.9 Å². The van der Waals surface area contributed by atoms with Gasteiger partial charge in [0.15, 0.2) is 5.76 Å². The number of piperazine rings is 1. The SMILES string of the molecule is Cc1ccc(C(=O)N2CCN(C(C)C(=O)Nc3ccc(S(N)(=O)=O)cc3)CC2)o1. The highest BCUT2D eigenvalue weighted by Crippen LogP contribution is 2.16. The number of hydrogen-bond donors (Lipinski definition) is 2. The Morgan fingerprint density at radius 2 is 1.69 bits per heavy atom. The van der Waals surface area contributed by atoms with Crippen molar-refractivity contribution < 1.29 is 22.4 Å². The van der Waals surface area contributed by atoms with Crippen LogP contribution in [0.15, 0.2) is 45.7 Å². The van der Waals surface area contributed by atoms with Crippen molar-refractivity contribution in [3.8, 4) is 0 Å². The molecule has 29 heavy (non-hydrogen) atoms. The van der Waals surface area contributed by atoms with Crippen LogP contribution in [-0.4, -0.2) is 62.3 Å². The summed E-state index contributed by atoms with van der Waals surface area (Å²) in [6.07, 6.45) is 0. The molecule has 1 aliphatic rings. The number of amides is 2. The number of hydrogen-bond acceptors (Lipinski definition) is 6. The van der Waals surface area contributed by atoms with Crippen LogP contribution in [0.25, 0.3) is 0 Å². The minimum absolute atomic E-state index is 0.0175. The van der Waals surface area contributed by atoms with E-state index in [2.05, 4.69) is 5.32 Å². The lowest BCUT2D eigenvalue weighted by atomic mass is 10.2. The summed E-state index contributed by atoms with van der Waals surface area (Å²) >= 11 is 0. The van der Waals surface area contributed by atoms with E-state index in [9.17, 15) is 18.0 Å². The number of carbonyl (C=O) groups is 2. The molecule has 1 aromatic heterocycles. The Hall–Kier alpha value is -2.69. The molecule has 0 bridgehead atoms.